The summed E-state index contributed by atoms with van der Waals surface area (Å²) in [5.74, 6) is 1.09. The second kappa shape index (κ2) is 6.97. The largest absolute Gasteiger partial charge is 0.355 e. The van der Waals surface area contributed by atoms with Gasteiger partial charge in [0.1, 0.15) is 5.82 Å². The predicted octanol–water partition coefficient (Wildman–Crippen LogP) is 3.01. The van der Waals surface area contributed by atoms with Gasteiger partial charge in [-0.1, -0.05) is 13.8 Å². The Morgan fingerprint density at radius 3 is 2.53 bits per heavy atom. The van der Waals surface area contributed by atoms with Crippen molar-refractivity contribution in [2.24, 2.45) is 0 Å². The molecule has 2 heterocycles. The minimum absolute atomic E-state index is 0.662. The van der Waals surface area contributed by atoms with E-state index in [2.05, 4.69) is 50.9 Å². The molecular formula is C13H22BrN3. The molecule has 1 aliphatic rings. The van der Waals surface area contributed by atoms with Crippen LogP contribution >= 0.6 is 15.9 Å². The molecular weight excluding hydrogens is 278 g/mol. The number of hydrogen-bond acceptors (Lipinski definition) is 3. The zero-order valence-electron chi connectivity index (χ0n) is 11.2. The summed E-state index contributed by atoms with van der Waals surface area (Å²) < 4.78 is 1.04. The Hall–Kier alpha value is -0.610. The highest BCUT2D eigenvalue weighted by Gasteiger charge is 2.24. The third-order valence-electron chi connectivity index (χ3n) is 2.93. The molecule has 1 aromatic rings. The Labute approximate surface area is 113 Å². The normalized spacial score (nSPS) is 19.2. The molecule has 4 heteroatoms. The highest BCUT2D eigenvalue weighted by Crippen LogP contribution is 2.21. The molecule has 1 atom stereocenters. The van der Waals surface area contributed by atoms with E-state index in [1.54, 1.807) is 0 Å². The number of halogens is 1. The summed E-state index contributed by atoms with van der Waals surface area (Å²) >= 11 is 3.40. The van der Waals surface area contributed by atoms with Crippen LogP contribution in [0, 0.1) is 0 Å². The first-order valence-electron chi connectivity index (χ1n) is 6.20. The summed E-state index contributed by atoms with van der Waals surface area (Å²) in [5, 5.41) is 0. The van der Waals surface area contributed by atoms with Crippen molar-refractivity contribution in [1.82, 2.24) is 9.88 Å². The van der Waals surface area contributed by atoms with Gasteiger partial charge in [0.15, 0.2) is 0 Å². The number of anilines is 1. The van der Waals surface area contributed by atoms with Crippen LogP contribution in [-0.4, -0.2) is 43.1 Å². The number of likely N-dealkylation sites (N-methyl/N-ethyl adjacent to an activating group) is 1. The topological polar surface area (TPSA) is 19.4 Å². The van der Waals surface area contributed by atoms with Crippen molar-refractivity contribution in [3.8, 4) is 0 Å². The fourth-order valence-corrected chi connectivity index (χ4v) is 2.16. The Balaban J connectivity index is 0.000000686. The fraction of sp³-hybridized carbons (Fsp3) is 0.615. The van der Waals surface area contributed by atoms with E-state index in [0.717, 1.165) is 23.4 Å². The Bertz CT molecular complexity index is 324. The first kappa shape index (κ1) is 14.5. The third kappa shape index (κ3) is 3.96. The zero-order valence-corrected chi connectivity index (χ0v) is 12.7. The number of rotatable bonds is 2. The van der Waals surface area contributed by atoms with Gasteiger partial charge in [-0.15, -0.1) is 0 Å². The fourth-order valence-electron chi connectivity index (χ4n) is 1.93. The molecule has 0 spiro atoms. The number of pyridine rings is 1. The lowest BCUT2D eigenvalue weighted by Gasteiger charge is -2.20. The quantitative estimate of drug-likeness (QED) is 0.837. The standard InChI is InChI=1S/C11H16BrN3.C2H6/c1-14(2)10-5-6-15(8-10)11-4-3-9(12)7-13-11;1-2/h3-4,7,10H,5-6,8H2,1-2H3;1-2H3. The number of aromatic nitrogens is 1. The summed E-state index contributed by atoms with van der Waals surface area (Å²) in [6.07, 6.45) is 3.09. The highest BCUT2D eigenvalue weighted by atomic mass is 79.9. The lowest BCUT2D eigenvalue weighted by Crippen LogP contribution is -2.31. The van der Waals surface area contributed by atoms with Crippen molar-refractivity contribution in [3.63, 3.8) is 0 Å². The van der Waals surface area contributed by atoms with Crippen molar-refractivity contribution in [2.75, 3.05) is 32.1 Å². The van der Waals surface area contributed by atoms with E-state index in [-0.39, 0.29) is 0 Å². The van der Waals surface area contributed by atoms with Crippen LogP contribution in [0.3, 0.4) is 0 Å². The average molecular weight is 300 g/mol. The van der Waals surface area contributed by atoms with Crippen molar-refractivity contribution in [1.29, 1.82) is 0 Å². The van der Waals surface area contributed by atoms with Crippen LogP contribution in [0.1, 0.15) is 20.3 Å². The van der Waals surface area contributed by atoms with Crippen molar-refractivity contribution in [3.05, 3.63) is 22.8 Å². The molecule has 96 valence electrons. The van der Waals surface area contributed by atoms with Gasteiger partial charge in [0.25, 0.3) is 0 Å². The second-order valence-electron chi connectivity index (χ2n) is 4.19. The molecule has 17 heavy (non-hydrogen) atoms. The molecule has 1 aliphatic heterocycles. The van der Waals surface area contributed by atoms with Crippen LogP contribution in [-0.2, 0) is 0 Å². The van der Waals surface area contributed by atoms with Crippen LogP contribution < -0.4 is 4.90 Å². The summed E-state index contributed by atoms with van der Waals surface area (Å²) in [6, 6.07) is 4.78. The van der Waals surface area contributed by atoms with Gasteiger partial charge in [-0.05, 0) is 48.6 Å². The van der Waals surface area contributed by atoms with Gasteiger partial charge in [0.05, 0.1) is 0 Å². The summed E-state index contributed by atoms with van der Waals surface area (Å²) in [6.45, 7) is 6.19. The van der Waals surface area contributed by atoms with Crippen LogP contribution in [0.2, 0.25) is 0 Å². The van der Waals surface area contributed by atoms with Gasteiger partial charge >= 0.3 is 0 Å². The lowest BCUT2D eigenvalue weighted by molar-refractivity contribution is 0.315. The molecule has 2 rings (SSSR count). The molecule has 1 unspecified atom stereocenters. The third-order valence-corrected chi connectivity index (χ3v) is 3.40. The smallest absolute Gasteiger partial charge is 0.128 e. The van der Waals surface area contributed by atoms with E-state index in [4.69, 9.17) is 0 Å². The molecule has 0 saturated carbocycles. The number of hydrogen-bond donors (Lipinski definition) is 0. The van der Waals surface area contributed by atoms with Crippen LogP contribution in [0.5, 0.6) is 0 Å². The van der Waals surface area contributed by atoms with E-state index in [1.165, 1.54) is 6.42 Å². The SMILES string of the molecule is CC.CN(C)C1CCN(c2ccc(Br)cn2)C1. The highest BCUT2D eigenvalue weighted by molar-refractivity contribution is 9.10. The Kier molecular flexibility index (Phi) is 5.92. The molecule has 1 saturated heterocycles. The van der Waals surface area contributed by atoms with Crippen molar-refractivity contribution >= 4 is 21.7 Å². The van der Waals surface area contributed by atoms with E-state index >= 15 is 0 Å². The second-order valence-corrected chi connectivity index (χ2v) is 5.10. The van der Waals surface area contributed by atoms with Gasteiger partial charge in [-0.3, -0.25) is 0 Å². The average Bonchev–Trinajstić information content (AvgIpc) is 2.82. The minimum Gasteiger partial charge on any atom is -0.355 e. The molecule has 0 radical (unpaired) electrons. The lowest BCUT2D eigenvalue weighted by atomic mass is 10.2. The predicted molar refractivity (Wildman–Crippen MR) is 77.6 cm³/mol. The molecule has 1 aromatic heterocycles. The summed E-state index contributed by atoms with van der Waals surface area (Å²) in [7, 11) is 4.28. The molecule has 0 N–H and O–H groups in total. The van der Waals surface area contributed by atoms with Gasteiger partial charge in [0, 0.05) is 29.8 Å². The van der Waals surface area contributed by atoms with Crippen LogP contribution in [0.15, 0.2) is 22.8 Å². The maximum Gasteiger partial charge on any atom is 0.128 e. The summed E-state index contributed by atoms with van der Waals surface area (Å²) in [4.78, 5) is 9.05. The molecule has 0 amide bonds. The summed E-state index contributed by atoms with van der Waals surface area (Å²) in [5.41, 5.74) is 0. The number of nitrogens with zero attached hydrogens (tertiary/aromatic N) is 3. The van der Waals surface area contributed by atoms with E-state index < -0.39 is 0 Å². The molecule has 1 fully saturated rings. The van der Waals surface area contributed by atoms with Crippen molar-refractivity contribution < 1.29 is 0 Å². The van der Waals surface area contributed by atoms with Gasteiger partial charge < -0.3 is 9.80 Å². The first-order chi connectivity index (χ1) is 8.16. The van der Waals surface area contributed by atoms with Crippen molar-refractivity contribution in [2.45, 2.75) is 26.3 Å². The molecule has 3 nitrogen and oxygen atoms in total. The maximum atomic E-state index is 4.41. The Morgan fingerprint density at radius 2 is 2.06 bits per heavy atom. The molecule has 0 aliphatic carbocycles. The molecule has 0 aromatic carbocycles. The first-order valence-corrected chi connectivity index (χ1v) is 6.99. The van der Waals surface area contributed by atoms with Gasteiger partial charge in [-0.2, -0.15) is 0 Å². The van der Waals surface area contributed by atoms with E-state index in [0.29, 0.717) is 6.04 Å². The van der Waals surface area contributed by atoms with Gasteiger partial charge in [0.2, 0.25) is 0 Å². The van der Waals surface area contributed by atoms with Crippen LogP contribution in [0.4, 0.5) is 5.82 Å². The monoisotopic (exact) mass is 299 g/mol. The minimum atomic E-state index is 0.662. The maximum absolute atomic E-state index is 4.41. The van der Waals surface area contributed by atoms with Crippen LogP contribution in [0.25, 0.3) is 0 Å². The molecule has 0 bridgehead atoms. The van der Waals surface area contributed by atoms with Gasteiger partial charge in [-0.25, -0.2) is 4.98 Å². The van der Waals surface area contributed by atoms with E-state index in [1.807, 2.05) is 26.1 Å². The zero-order chi connectivity index (χ0) is 12.8. The van der Waals surface area contributed by atoms with E-state index in [9.17, 15) is 0 Å². The Morgan fingerprint density at radius 1 is 1.35 bits per heavy atom.